The monoisotopic (exact) mass is 439 g/mol. The fraction of sp³-hybridized carbons (Fsp3) is 0.0909. The molecule has 0 unspecified atom stereocenters. The summed E-state index contributed by atoms with van der Waals surface area (Å²) >= 11 is 6.00. The third-order valence-corrected chi connectivity index (χ3v) is 4.81. The van der Waals surface area contributed by atoms with Crippen molar-refractivity contribution >= 4 is 29.1 Å². The predicted molar refractivity (Wildman–Crippen MR) is 115 cm³/mol. The molecule has 158 valence electrons. The maximum atomic E-state index is 12.3. The Morgan fingerprint density at radius 2 is 1.68 bits per heavy atom. The highest BCUT2D eigenvalue weighted by Gasteiger charge is 2.19. The molecule has 2 amide bonds. The van der Waals surface area contributed by atoms with E-state index in [1.807, 2.05) is 13.0 Å². The average Bonchev–Trinajstić information content (AvgIpc) is 2.78. The van der Waals surface area contributed by atoms with Crippen LogP contribution in [0.4, 0.5) is 5.69 Å². The highest BCUT2D eigenvalue weighted by molar-refractivity contribution is 6.31. The summed E-state index contributed by atoms with van der Waals surface area (Å²) in [5.74, 6) is -0.668. The van der Waals surface area contributed by atoms with E-state index < -0.39 is 16.7 Å². The van der Waals surface area contributed by atoms with Gasteiger partial charge in [-0.05, 0) is 54.4 Å². The zero-order chi connectivity index (χ0) is 22.4. The maximum absolute atomic E-state index is 12.3. The quantitative estimate of drug-likeness (QED) is 0.441. The molecule has 0 bridgehead atoms. The Balaban J connectivity index is 1.56. The third-order valence-electron chi connectivity index (χ3n) is 4.39. The minimum absolute atomic E-state index is 0.155. The lowest BCUT2D eigenvalue weighted by atomic mass is 10.1. The van der Waals surface area contributed by atoms with Gasteiger partial charge in [0.25, 0.3) is 17.5 Å². The van der Waals surface area contributed by atoms with Crippen LogP contribution in [0.1, 0.15) is 31.8 Å². The smallest absolute Gasteiger partial charge is 0.282 e. The predicted octanol–water partition coefficient (Wildman–Crippen LogP) is 4.21. The van der Waals surface area contributed by atoms with Crippen LogP contribution in [0, 0.1) is 17.0 Å². The minimum Gasteiger partial charge on any atom is -0.489 e. The van der Waals surface area contributed by atoms with Gasteiger partial charge in [0, 0.05) is 16.7 Å². The Labute approximate surface area is 182 Å². The van der Waals surface area contributed by atoms with E-state index in [2.05, 4.69) is 10.9 Å². The van der Waals surface area contributed by atoms with Crippen LogP contribution in [0.25, 0.3) is 0 Å². The molecule has 0 spiro atoms. The summed E-state index contributed by atoms with van der Waals surface area (Å²) in [5, 5.41) is 11.7. The normalized spacial score (nSPS) is 10.3. The molecule has 31 heavy (non-hydrogen) atoms. The number of aryl methyl sites for hydroxylation is 1. The van der Waals surface area contributed by atoms with Gasteiger partial charge in [0.1, 0.15) is 17.9 Å². The first kappa shape index (κ1) is 21.8. The van der Waals surface area contributed by atoms with Crippen LogP contribution < -0.4 is 15.6 Å². The standard InChI is InChI=1S/C22H18ClN3O5/c1-14-12-17(10-11-19(14)23)31-13-15-6-8-16(9-7-15)21(27)24-25-22(28)18-4-2-3-5-20(18)26(29)30/h2-12H,13H2,1H3,(H,24,27)(H,25,28). The molecule has 0 fully saturated rings. The molecule has 2 N–H and O–H groups in total. The molecule has 0 saturated heterocycles. The number of hydrazine groups is 1. The number of carbonyl (C=O) groups is 2. The highest BCUT2D eigenvalue weighted by Crippen LogP contribution is 2.22. The molecule has 0 radical (unpaired) electrons. The number of nitro groups is 1. The number of nitrogens with zero attached hydrogens (tertiary/aromatic N) is 1. The van der Waals surface area contributed by atoms with Crippen molar-refractivity contribution in [2.75, 3.05) is 0 Å². The lowest BCUT2D eigenvalue weighted by Crippen LogP contribution is -2.41. The third kappa shape index (κ3) is 5.58. The Morgan fingerprint density at radius 3 is 2.35 bits per heavy atom. The van der Waals surface area contributed by atoms with E-state index in [0.29, 0.717) is 22.9 Å². The zero-order valence-electron chi connectivity index (χ0n) is 16.4. The number of para-hydroxylation sites is 1. The summed E-state index contributed by atoms with van der Waals surface area (Å²) in [6, 6.07) is 17.4. The van der Waals surface area contributed by atoms with Crippen molar-refractivity contribution in [1.29, 1.82) is 0 Å². The van der Waals surface area contributed by atoms with Crippen molar-refractivity contribution in [2.45, 2.75) is 13.5 Å². The molecular formula is C22H18ClN3O5. The highest BCUT2D eigenvalue weighted by atomic mass is 35.5. The van der Waals surface area contributed by atoms with E-state index >= 15 is 0 Å². The van der Waals surface area contributed by atoms with Crippen molar-refractivity contribution < 1.29 is 19.2 Å². The van der Waals surface area contributed by atoms with Gasteiger partial charge in [-0.3, -0.25) is 30.6 Å². The average molecular weight is 440 g/mol. The molecule has 3 rings (SSSR count). The number of hydrogen-bond donors (Lipinski definition) is 2. The second-order valence-corrected chi connectivity index (χ2v) is 6.99. The van der Waals surface area contributed by atoms with Gasteiger partial charge in [-0.15, -0.1) is 0 Å². The van der Waals surface area contributed by atoms with Crippen LogP contribution in [0.15, 0.2) is 66.7 Å². The number of rotatable bonds is 6. The van der Waals surface area contributed by atoms with Gasteiger partial charge in [-0.2, -0.15) is 0 Å². The van der Waals surface area contributed by atoms with E-state index in [1.165, 1.54) is 24.3 Å². The summed E-state index contributed by atoms with van der Waals surface area (Å²) in [6.45, 7) is 2.19. The molecule has 9 heteroatoms. The van der Waals surface area contributed by atoms with Gasteiger partial charge in [-0.1, -0.05) is 35.9 Å². The second-order valence-electron chi connectivity index (χ2n) is 6.58. The van der Waals surface area contributed by atoms with E-state index in [4.69, 9.17) is 16.3 Å². The molecule has 3 aromatic carbocycles. The number of halogens is 1. The summed E-state index contributed by atoms with van der Waals surface area (Å²) in [4.78, 5) is 34.8. The maximum Gasteiger partial charge on any atom is 0.282 e. The van der Waals surface area contributed by atoms with Gasteiger partial charge in [0.2, 0.25) is 0 Å². The second kappa shape index (κ2) is 9.73. The van der Waals surface area contributed by atoms with Gasteiger partial charge in [-0.25, -0.2) is 0 Å². The SMILES string of the molecule is Cc1cc(OCc2ccc(C(=O)NNC(=O)c3ccccc3[N+](=O)[O-])cc2)ccc1Cl. The van der Waals surface area contributed by atoms with Crippen LogP contribution in [0.2, 0.25) is 5.02 Å². The summed E-state index contributed by atoms with van der Waals surface area (Å²) in [5.41, 5.74) is 5.98. The summed E-state index contributed by atoms with van der Waals surface area (Å²) in [6.07, 6.45) is 0. The van der Waals surface area contributed by atoms with E-state index in [9.17, 15) is 19.7 Å². The number of ether oxygens (including phenoxy) is 1. The van der Waals surface area contributed by atoms with Gasteiger partial charge in [0.15, 0.2) is 0 Å². The molecule has 0 saturated carbocycles. The number of nitrogens with one attached hydrogen (secondary N) is 2. The molecule has 0 heterocycles. The van der Waals surface area contributed by atoms with Gasteiger partial charge >= 0.3 is 0 Å². The van der Waals surface area contributed by atoms with Crippen molar-refractivity contribution in [1.82, 2.24) is 10.9 Å². The molecule has 0 aromatic heterocycles. The van der Waals surface area contributed by atoms with E-state index in [0.717, 1.165) is 11.1 Å². The van der Waals surface area contributed by atoms with Crippen molar-refractivity contribution in [2.24, 2.45) is 0 Å². The lowest BCUT2D eigenvalue weighted by molar-refractivity contribution is -0.385. The largest absolute Gasteiger partial charge is 0.489 e. The molecule has 3 aromatic rings. The number of benzene rings is 3. The summed E-state index contributed by atoms with van der Waals surface area (Å²) < 4.78 is 5.72. The van der Waals surface area contributed by atoms with Crippen LogP contribution in [0.5, 0.6) is 5.75 Å². The van der Waals surface area contributed by atoms with Gasteiger partial charge in [0.05, 0.1) is 4.92 Å². The number of hydrogen-bond acceptors (Lipinski definition) is 5. The van der Waals surface area contributed by atoms with Crippen molar-refractivity contribution in [3.05, 3.63) is 104 Å². The van der Waals surface area contributed by atoms with Crippen LogP contribution in [0.3, 0.4) is 0 Å². The molecular weight excluding hydrogens is 422 g/mol. The molecule has 0 atom stereocenters. The minimum atomic E-state index is -0.788. The first-order valence-electron chi connectivity index (χ1n) is 9.17. The van der Waals surface area contributed by atoms with E-state index in [-0.39, 0.29) is 11.3 Å². The van der Waals surface area contributed by atoms with Crippen LogP contribution in [-0.2, 0) is 6.61 Å². The molecule has 0 aliphatic carbocycles. The first-order chi connectivity index (χ1) is 14.8. The van der Waals surface area contributed by atoms with Gasteiger partial charge < -0.3 is 4.74 Å². The van der Waals surface area contributed by atoms with Crippen LogP contribution >= 0.6 is 11.6 Å². The zero-order valence-corrected chi connectivity index (χ0v) is 17.2. The fourth-order valence-electron chi connectivity index (χ4n) is 2.70. The Kier molecular flexibility index (Phi) is 6.84. The number of amides is 2. The topological polar surface area (TPSA) is 111 Å². The van der Waals surface area contributed by atoms with E-state index in [1.54, 1.807) is 36.4 Å². The first-order valence-corrected chi connectivity index (χ1v) is 9.55. The lowest BCUT2D eigenvalue weighted by Gasteiger charge is -2.10. The van der Waals surface area contributed by atoms with Crippen molar-refractivity contribution in [3.63, 3.8) is 0 Å². The Bertz CT molecular complexity index is 1130. The molecule has 0 aliphatic heterocycles. The van der Waals surface area contributed by atoms with Crippen molar-refractivity contribution in [3.8, 4) is 5.75 Å². The number of nitro benzene ring substituents is 1. The Hall–Kier alpha value is -3.91. The summed E-state index contributed by atoms with van der Waals surface area (Å²) in [7, 11) is 0. The molecule has 0 aliphatic rings. The van der Waals surface area contributed by atoms with Crippen LogP contribution in [-0.4, -0.2) is 16.7 Å². The number of carbonyl (C=O) groups excluding carboxylic acids is 2. The fourth-order valence-corrected chi connectivity index (χ4v) is 2.82. The molecule has 8 nitrogen and oxygen atoms in total. The Morgan fingerprint density at radius 1 is 1.00 bits per heavy atom.